The predicted molar refractivity (Wildman–Crippen MR) is 92.1 cm³/mol. The highest BCUT2D eigenvalue weighted by Gasteiger charge is 2.37. The fourth-order valence-electron chi connectivity index (χ4n) is 3.53. The Morgan fingerprint density at radius 3 is 2.46 bits per heavy atom. The number of piperidine rings is 1. The Labute approximate surface area is 142 Å². The maximum Gasteiger partial charge on any atom is 0.228 e. The number of hydrogen-bond acceptors (Lipinski definition) is 4. The number of carbonyl (C=O) groups is 2. The lowest BCUT2D eigenvalue weighted by molar-refractivity contribution is -0.136. The lowest BCUT2D eigenvalue weighted by atomic mass is 10.0. The zero-order valence-electron chi connectivity index (χ0n) is 14.3. The molecule has 6 heteroatoms. The van der Waals surface area contributed by atoms with Gasteiger partial charge in [0.25, 0.3) is 0 Å². The molecule has 0 spiro atoms. The molecule has 0 aliphatic carbocycles. The first kappa shape index (κ1) is 16.8. The second-order valence-electron chi connectivity index (χ2n) is 6.49. The van der Waals surface area contributed by atoms with Crippen LogP contribution in [0.1, 0.15) is 19.3 Å². The van der Waals surface area contributed by atoms with Crippen LogP contribution < -0.4 is 15.0 Å². The van der Waals surface area contributed by atoms with E-state index in [9.17, 15) is 9.59 Å². The summed E-state index contributed by atoms with van der Waals surface area (Å²) in [6.45, 7) is 2.02. The van der Waals surface area contributed by atoms with E-state index in [4.69, 9.17) is 4.74 Å². The molecule has 130 valence electrons. The number of ether oxygens (including phenoxy) is 1. The molecule has 1 aromatic carbocycles. The number of methoxy groups -OCH3 is 1. The molecule has 2 amide bonds. The molecule has 1 aromatic rings. The van der Waals surface area contributed by atoms with Crippen molar-refractivity contribution in [2.75, 3.05) is 38.7 Å². The predicted octanol–water partition coefficient (Wildman–Crippen LogP) is 1.26. The number of carbonyl (C=O) groups excluding carboxylic acids is 2. The Morgan fingerprint density at radius 1 is 1.21 bits per heavy atom. The molecule has 0 radical (unpaired) electrons. The summed E-state index contributed by atoms with van der Waals surface area (Å²) < 4.78 is 5.15. The molecule has 1 N–H and O–H groups in total. The van der Waals surface area contributed by atoms with Gasteiger partial charge >= 0.3 is 0 Å². The maximum absolute atomic E-state index is 12.7. The smallest absolute Gasteiger partial charge is 0.228 e. The molecular formula is C18H25N3O3. The number of nitrogens with zero attached hydrogens (tertiary/aromatic N) is 2. The molecule has 3 rings (SSSR count). The number of benzene rings is 1. The Hall–Kier alpha value is -2.08. The van der Waals surface area contributed by atoms with Crippen LogP contribution in [-0.2, 0) is 9.59 Å². The van der Waals surface area contributed by atoms with Crippen molar-refractivity contribution in [1.29, 1.82) is 0 Å². The zero-order valence-corrected chi connectivity index (χ0v) is 14.3. The van der Waals surface area contributed by atoms with Crippen LogP contribution >= 0.6 is 0 Å². The number of rotatable bonds is 4. The number of anilines is 1. The van der Waals surface area contributed by atoms with E-state index in [-0.39, 0.29) is 17.7 Å². The number of nitrogens with one attached hydrogen (secondary N) is 1. The summed E-state index contributed by atoms with van der Waals surface area (Å²) >= 11 is 0. The second-order valence-corrected chi connectivity index (χ2v) is 6.49. The Bertz CT molecular complexity index is 594. The van der Waals surface area contributed by atoms with Gasteiger partial charge in [-0.3, -0.25) is 9.59 Å². The summed E-state index contributed by atoms with van der Waals surface area (Å²) in [5, 5.41) is 3.27. The fraction of sp³-hybridized carbons (Fsp3) is 0.556. The standard InChI is InChI=1S/C18H25N3O3/c1-19-14-7-9-20(10-8-14)18(23)13-11-17(22)21(12-13)15-3-5-16(24-2)6-4-15/h3-6,13-14,19H,7-12H2,1-2H3. The van der Waals surface area contributed by atoms with Crippen molar-refractivity contribution in [1.82, 2.24) is 10.2 Å². The number of hydrogen-bond donors (Lipinski definition) is 1. The van der Waals surface area contributed by atoms with Gasteiger partial charge in [0, 0.05) is 37.8 Å². The summed E-state index contributed by atoms with van der Waals surface area (Å²) in [4.78, 5) is 28.7. The molecule has 1 unspecified atom stereocenters. The number of amides is 2. The average molecular weight is 331 g/mol. The van der Waals surface area contributed by atoms with E-state index in [1.807, 2.05) is 36.2 Å². The second kappa shape index (κ2) is 7.21. The van der Waals surface area contributed by atoms with Crippen molar-refractivity contribution >= 4 is 17.5 Å². The Kier molecular flexibility index (Phi) is 5.04. The van der Waals surface area contributed by atoms with Crippen molar-refractivity contribution in [2.24, 2.45) is 5.92 Å². The van der Waals surface area contributed by atoms with Gasteiger partial charge < -0.3 is 19.9 Å². The van der Waals surface area contributed by atoms with Crippen molar-refractivity contribution in [2.45, 2.75) is 25.3 Å². The summed E-state index contributed by atoms with van der Waals surface area (Å²) in [6, 6.07) is 7.89. The highest BCUT2D eigenvalue weighted by molar-refractivity contribution is 6.00. The Morgan fingerprint density at radius 2 is 1.88 bits per heavy atom. The lowest BCUT2D eigenvalue weighted by Crippen LogP contribution is -2.46. The molecule has 6 nitrogen and oxygen atoms in total. The van der Waals surface area contributed by atoms with Crippen LogP contribution in [-0.4, -0.2) is 56.5 Å². The summed E-state index contributed by atoms with van der Waals surface area (Å²) in [5.74, 6) is 0.661. The molecule has 0 bridgehead atoms. The third-order valence-electron chi connectivity index (χ3n) is 5.07. The average Bonchev–Trinajstić information content (AvgIpc) is 3.03. The van der Waals surface area contributed by atoms with Gasteiger partial charge in [-0.1, -0.05) is 0 Å². The minimum Gasteiger partial charge on any atom is -0.497 e. The third kappa shape index (κ3) is 3.38. The maximum atomic E-state index is 12.7. The van der Waals surface area contributed by atoms with E-state index in [1.165, 1.54) is 0 Å². The monoisotopic (exact) mass is 331 g/mol. The van der Waals surface area contributed by atoms with Crippen LogP contribution in [0.4, 0.5) is 5.69 Å². The number of likely N-dealkylation sites (tertiary alicyclic amines) is 1. The molecular weight excluding hydrogens is 306 g/mol. The zero-order chi connectivity index (χ0) is 17.1. The molecule has 0 aromatic heterocycles. The first-order valence-electron chi connectivity index (χ1n) is 8.53. The summed E-state index contributed by atoms with van der Waals surface area (Å²) in [6.07, 6.45) is 2.26. The molecule has 1 atom stereocenters. The van der Waals surface area contributed by atoms with Crippen LogP contribution in [0.25, 0.3) is 0 Å². The lowest BCUT2D eigenvalue weighted by Gasteiger charge is -2.33. The summed E-state index contributed by atoms with van der Waals surface area (Å²) in [5.41, 5.74) is 0.824. The van der Waals surface area contributed by atoms with Crippen molar-refractivity contribution in [3.63, 3.8) is 0 Å². The SMILES string of the molecule is CNC1CCN(C(=O)C2CC(=O)N(c3ccc(OC)cc3)C2)CC1. The van der Waals surface area contributed by atoms with Gasteiger partial charge in [-0.2, -0.15) is 0 Å². The topological polar surface area (TPSA) is 61.9 Å². The van der Waals surface area contributed by atoms with Crippen molar-refractivity contribution in [3.8, 4) is 5.75 Å². The first-order chi connectivity index (χ1) is 11.6. The van der Waals surface area contributed by atoms with Gasteiger partial charge in [-0.25, -0.2) is 0 Å². The van der Waals surface area contributed by atoms with E-state index in [0.29, 0.717) is 19.0 Å². The van der Waals surface area contributed by atoms with Crippen LogP contribution in [0.15, 0.2) is 24.3 Å². The van der Waals surface area contributed by atoms with Crippen LogP contribution in [0.5, 0.6) is 5.75 Å². The summed E-state index contributed by atoms with van der Waals surface area (Å²) in [7, 11) is 3.58. The minimum absolute atomic E-state index is 0.0172. The van der Waals surface area contributed by atoms with Crippen LogP contribution in [0, 0.1) is 5.92 Å². The van der Waals surface area contributed by atoms with E-state index in [0.717, 1.165) is 37.4 Å². The van der Waals surface area contributed by atoms with Gasteiger partial charge in [-0.05, 0) is 44.2 Å². The van der Waals surface area contributed by atoms with Crippen LogP contribution in [0.3, 0.4) is 0 Å². The minimum atomic E-state index is -0.231. The van der Waals surface area contributed by atoms with E-state index in [1.54, 1.807) is 12.0 Å². The van der Waals surface area contributed by atoms with Gasteiger partial charge in [0.05, 0.1) is 13.0 Å². The van der Waals surface area contributed by atoms with E-state index in [2.05, 4.69) is 5.32 Å². The van der Waals surface area contributed by atoms with E-state index >= 15 is 0 Å². The van der Waals surface area contributed by atoms with Gasteiger partial charge in [0.15, 0.2) is 0 Å². The molecule has 2 saturated heterocycles. The molecule has 0 saturated carbocycles. The molecule has 2 aliphatic rings. The fourth-order valence-corrected chi connectivity index (χ4v) is 3.53. The molecule has 2 heterocycles. The molecule has 24 heavy (non-hydrogen) atoms. The quantitative estimate of drug-likeness (QED) is 0.902. The molecule has 2 aliphatic heterocycles. The Balaban J connectivity index is 1.62. The largest absolute Gasteiger partial charge is 0.497 e. The normalized spacial score (nSPS) is 22.1. The molecule has 2 fully saturated rings. The van der Waals surface area contributed by atoms with Crippen LogP contribution in [0.2, 0.25) is 0 Å². The highest BCUT2D eigenvalue weighted by Crippen LogP contribution is 2.28. The van der Waals surface area contributed by atoms with Crippen molar-refractivity contribution in [3.05, 3.63) is 24.3 Å². The van der Waals surface area contributed by atoms with Gasteiger partial charge in [-0.15, -0.1) is 0 Å². The van der Waals surface area contributed by atoms with Crippen molar-refractivity contribution < 1.29 is 14.3 Å². The van der Waals surface area contributed by atoms with Gasteiger partial charge in [0.1, 0.15) is 5.75 Å². The van der Waals surface area contributed by atoms with Gasteiger partial charge in [0.2, 0.25) is 11.8 Å². The van der Waals surface area contributed by atoms with E-state index < -0.39 is 0 Å². The highest BCUT2D eigenvalue weighted by atomic mass is 16.5. The first-order valence-corrected chi connectivity index (χ1v) is 8.53. The third-order valence-corrected chi connectivity index (χ3v) is 5.07.